The number of aromatic amines is 1. The van der Waals surface area contributed by atoms with Crippen molar-refractivity contribution >= 4 is 22.5 Å². The van der Waals surface area contributed by atoms with E-state index >= 15 is 0 Å². The molecule has 0 saturated heterocycles. The van der Waals surface area contributed by atoms with E-state index in [0.717, 1.165) is 47.7 Å². The third-order valence-corrected chi connectivity index (χ3v) is 4.43. The summed E-state index contributed by atoms with van der Waals surface area (Å²) >= 11 is 0. The summed E-state index contributed by atoms with van der Waals surface area (Å²) in [5, 5.41) is 11.4. The standard InChI is InChI=1S/C17H17N5O2/c1-22-9-15(20-21-22)17(24)18-10-6-7-12-11-4-2-3-5-13(11)16(23)19-14(12)8-10/h6-9H,2-5H2,1H3,(H,18,24)(H,19,23). The number of carbonyl (C=O) groups excluding carboxylic acids is 1. The molecule has 0 fully saturated rings. The first-order chi connectivity index (χ1) is 11.6. The van der Waals surface area contributed by atoms with E-state index in [-0.39, 0.29) is 17.2 Å². The zero-order chi connectivity index (χ0) is 16.7. The number of nitrogens with one attached hydrogen (secondary N) is 2. The second-order valence-electron chi connectivity index (χ2n) is 6.11. The summed E-state index contributed by atoms with van der Waals surface area (Å²) in [6, 6.07) is 5.60. The van der Waals surface area contributed by atoms with Crippen LogP contribution in [0.3, 0.4) is 0 Å². The van der Waals surface area contributed by atoms with E-state index in [1.165, 1.54) is 4.68 Å². The lowest BCUT2D eigenvalue weighted by Gasteiger charge is -2.17. The quantitative estimate of drug-likeness (QED) is 0.752. The number of anilines is 1. The molecule has 4 rings (SSSR count). The van der Waals surface area contributed by atoms with Gasteiger partial charge in [-0.1, -0.05) is 11.3 Å². The van der Waals surface area contributed by atoms with Crippen LogP contribution in [0.1, 0.15) is 34.5 Å². The number of fused-ring (bicyclic) bond motifs is 3. The first-order valence-electron chi connectivity index (χ1n) is 7.97. The van der Waals surface area contributed by atoms with Crippen LogP contribution in [0.15, 0.2) is 29.2 Å². The molecule has 0 atom stereocenters. The van der Waals surface area contributed by atoms with Gasteiger partial charge in [-0.15, -0.1) is 5.10 Å². The van der Waals surface area contributed by atoms with E-state index in [2.05, 4.69) is 20.6 Å². The van der Waals surface area contributed by atoms with Gasteiger partial charge >= 0.3 is 0 Å². The highest BCUT2D eigenvalue weighted by molar-refractivity contribution is 6.03. The Labute approximate surface area is 137 Å². The Hall–Kier alpha value is -2.96. The predicted octanol–water partition coefficient (Wildman–Crippen LogP) is 1.79. The fraction of sp³-hybridized carbons (Fsp3) is 0.294. The molecule has 24 heavy (non-hydrogen) atoms. The topological polar surface area (TPSA) is 92.7 Å². The lowest BCUT2D eigenvalue weighted by Crippen LogP contribution is -2.19. The van der Waals surface area contributed by atoms with Crippen molar-refractivity contribution in [3.63, 3.8) is 0 Å². The number of H-pyrrole nitrogens is 1. The zero-order valence-electron chi connectivity index (χ0n) is 13.3. The van der Waals surface area contributed by atoms with Crippen LogP contribution in [0.2, 0.25) is 0 Å². The molecule has 1 amide bonds. The van der Waals surface area contributed by atoms with Gasteiger partial charge in [0, 0.05) is 23.7 Å². The first kappa shape index (κ1) is 14.6. The summed E-state index contributed by atoms with van der Waals surface area (Å²) in [6.45, 7) is 0. The normalized spacial score (nSPS) is 13.7. The van der Waals surface area contributed by atoms with Gasteiger partial charge in [0.05, 0.1) is 11.7 Å². The summed E-state index contributed by atoms with van der Waals surface area (Å²) in [7, 11) is 1.70. The number of amides is 1. The molecule has 1 aliphatic carbocycles. The Morgan fingerprint density at radius 2 is 2.04 bits per heavy atom. The molecular formula is C17H17N5O2. The number of pyridine rings is 1. The third-order valence-electron chi connectivity index (χ3n) is 4.43. The van der Waals surface area contributed by atoms with Crippen LogP contribution in [-0.2, 0) is 19.9 Å². The number of hydrogen-bond acceptors (Lipinski definition) is 4. The summed E-state index contributed by atoms with van der Waals surface area (Å²) in [5.41, 5.74) is 3.64. The van der Waals surface area contributed by atoms with Crippen molar-refractivity contribution in [3.8, 4) is 0 Å². The molecule has 1 aliphatic rings. The fourth-order valence-corrected chi connectivity index (χ4v) is 3.29. The van der Waals surface area contributed by atoms with Crippen molar-refractivity contribution in [2.24, 2.45) is 7.05 Å². The second-order valence-corrected chi connectivity index (χ2v) is 6.11. The van der Waals surface area contributed by atoms with Gasteiger partial charge in [-0.25, -0.2) is 0 Å². The van der Waals surface area contributed by atoms with Gasteiger partial charge in [0.2, 0.25) is 0 Å². The number of rotatable bonds is 2. The number of carbonyl (C=O) groups is 1. The molecule has 2 N–H and O–H groups in total. The van der Waals surface area contributed by atoms with Gasteiger partial charge in [-0.05, 0) is 43.4 Å². The molecule has 0 spiro atoms. The summed E-state index contributed by atoms with van der Waals surface area (Å²) < 4.78 is 1.47. The van der Waals surface area contributed by atoms with Gasteiger partial charge in [-0.2, -0.15) is 0 Å². The molecule has 3 aromatic rings. The van der Waals surface area contributed by atoms with E-state index in [0.29, 0.717) is 5.69 Å². The van der Waals surface area contributed by atoms with E-state index in [9.17, 15) is 9.59 Å². The molecule has 7 nitrogen and oxygen atoms in total. The van der Waals surface area contributed by atoms with Crippen molar-refractivity contribution in [2.75, 3.05) is 5.32 Å². The van der Waals surface area contributed by atoms with E-state index in [1.54, 1.807) is 19.3 Å². The number of aryl methyl sites for hydroxylation is 2. The Bertz CT molecular complexity index is 1000. The fourth-order valence-electron chi connectivity index (χ4n) is 3.29. The minimum absolute atomic E-state index is 0.0189. The molecule has 2 heterocycles. The molecule has 0 aliphatic heterocycles. The molecule has 7 heteroatoms. The maximum atomic E-state index is 12.3. The van der Waals surface area contributed by atoms with Crippen LogP contribution in [0.25, 0.3) is 10.9 Å². The van der Waals surface area contributed by atoms with Crippen LogP contribution in [0.5, 0.6) is 0 Å². The molecule has 2 aromatic heterocycles. The monoisotopic (exact) mass is 323 g/mol. The van der Waals surface area contributed by atoms with Gasteiger partial charge in [0.25, 0.3) is 11.5 Å². The van der Waals surface area contributed by atoms with Crippen LogP contribution in [0.4, 0.5) is 5.69 Å². The first-order valence-corrected chi connectivity index (χ1v) is 7.97. The maximum Gasteiger partial charge on any atom is 0.277 e. The molecular weight excluding hydrogens is 306 g/mol. The van der Waals surface area contributed by atoms with Gasteiger partial charge in [-0.3, -0.25) is 14.3 Å². The average Bonchev–Trinajstić information content (AvgIpc) is 3.02. The van der Waals surface area contributed by atoms with Crippen molar-refractivity contribution in [1.82, 2.24) is 20.0 Å². The Kier molecular flexibility index (Phi) is 3.41. The molecule has 1 aromatic carbocycles. The number of hydrogen-bond donors (Lipinski definition) is 2. The number of nitrogens with zero attached hydrogens (tertiary/aromatic N) is 3. The largest absolute Gasteiger partial charge is 0.322 e. The Morgan fingerprint density at radius 3 is 2.79 bits per heavy atom. The minimum atomic E-state index is -0.331. The van der Waals surface area contributed by atoms with Crippen LogP contribution in [0, 0.1) is 0 Å². The average molecular weight is 323 g/mol. The van der Waals surface area contributed by atoms with E-state index in [4.69, 9.17) is 0 Å². The molecule has 0 bridgehead atoms. The highest BCUT2D eigenvalue weighted by atomic mass is 16.2. The summed E-state index contributed by atoms with van der Waals surface area (Å²) in [6.07, 6.45) is 5.49. The van der Waals surface area contributed by atoms with Crippen molar-refractivity contribution in [1.29, 1.82) is 0 Å². The molecule has 0 radical (unpaired) electrons. The summed E-state index contributed by atoms with van der Waals surface area (Å²) in [5.74, 6) is -0.331. The highest BCUT2D eigenvalue weighted by Crippen LogP contribution is 2.27. The number of benzene rings is 1. The van der Waals surface area contributed by atoms with Crippen LogP contribution in [-0.4, -0.2) is 25.9 Å². The van der Waals surface area contributed by atoms with Gasteiger partial charge in [0.15, 0.2) is 5.69 Å². The number of aromatic nitrogens is 4. The SMILES string of the molecule is Cn1cc(C(=O)Nc2ccc3c4c(c(=O)[nH]c3c2)CCCC4)nn1. The van der Waals surface area contributed by atoms with E-state index in [1.807, 2.05) is 12.1 Å². The van der Waals surface area contributed by atoms with Gasteiger partial charge in [0.1, 0.15) is 0 Å². The Morgan fingerprint density at radius 1 is 1.25 bits per heavy atom. The highest BCUT2D eigenvalue weighted by Gasteiger charge is 2.17. The van der Waals surface area contributed by atoms with E-state index < -0.39 is 0 Å². The van der Waals surface area contributed by atoms with Crippen LogP contribution < -0.4 is 10.9 Å². The summed E-state index contributed by atoms with van der Waals surface area (Å²) in [4.78, 5) is 27.4. The molecule has 0 saturated carbocycles. The van der Waals surface area contributed by atoms with Gasteiger partial charge < -0.3 is 10.3 Å². The van der Waals surface area contributed by atoms with Crippen LogP contribution >= 0.6 is 0 Å². The van der Waals surface area contributed by atoms with Crippen molar-refractivity contribution in [2.45, 2.75) is 25.7 Å². The zero-order valence-corrected chi connectivity index (χ0v) is 13.3. The lowest BCUT2D eigenvalue weighted by atomic mass is 9.90. The third kappa shape index (κ3) is 2.47. The van der Waals surface area contributed by atoms with Crippen molar-refractivity contribution < 1.29 is 4.79 Å². The lowest BCUT2D eigenvalue weighted by molar-refractivity contribution is 0.102. The van der Waals surface area contributed by atoms with Crippen molar-refractivity contribution in [3.05, 3.63) is 51.6 Å². The Balaban J connectivity index is 1.71. The maximum absolute atomic E-state index is 12.3. The second kappa shape index (κ2) is 5.59. The minimum Gasteiger partial charge on any atom is -0.322 e. The predicted molar refractivity (Wildman–Crippen MR) is 90.2 cm³/mol. The molecule has 0 unspecified atom stereocenters. The smallest absolute Gasteiger partial charge is 0.277 e. The molecule has 122 valence electrons.